The fourth-order valence-electron chi connectivity index (χ4n) is 1.51. The zero-order valence-corrected chi connectivity index (χ0v) is 15.6. The molecule has 4 heteroatoms. The van der Waals surface area contributed by atoms with E-state index in [1.54, 1.807) is 12.1 Å². The molecule has 20 heavy (non-hydrogen) atoms. The summed E-state index contributed by atoms with van der Waals surface area (Å²) in [5.41, 5.74) is 1.93. The summed E-state index contributed by atoms with van der Waals surface area (Å²) < 4.78 is 19.8. The molecule has 0 radical (unpaired) electrons. The van der Waals surface area contributed by atoms with Crippen LogP contribution in [0.5, 0.6) is 0 Å². The van der Waals surface area contributed by atoms with Gasteiger partial charge < -0.3 is 4.43 Å². The summed E-state index contributed by atoms with van der Waals surface area (Å²) in [5.74, 6) is -0.251. The molecule has 1 rings (SSSR count). The van der Waals surface area contributed by atoms with E-state index in [-0.39, 0.29) is 10.9 Å². The molecule has 0 atom stereocenters. The van der Waals surface area contributed by atoms with Crippen molar-refractivity contribution in [2.45, 2.75) is 45.3 Å². The molecule has 0 heterocycles. The fourth-order valence-corrected chi connectivity index (χ4v) is 2.93. The van der Waals surface area contributed by atoms with Gasteiger partial charge in [-0.2, -0.15) is 0 Å². The van der Waals surface area contributed by atoms with Crippen molar-refractivity contribution in [2.24, 2.45) is 0 Å². The molecule has 1 aromatic carbocycles. The van der Waals surface area contributed by atoms with E-state index < -0.39 is 8.32 Å². The smallest absolute Gasteiger partial charge is 0.191 e. The van der Waals surface area contributed by atoms with Gasteiger partial charge in [0.25, 0.3) is 0 Å². The maximum absolute atomic E-state index is 13.2. The van der Waals surface area contributed by atoms with E-state index in [9.17, 15) is 4.39 Å². The zero-order valence-electron chi connectivity index (χ0n) is 13.0. The second kappa shape index (κ2) is 6.54. The summed E-state index contributed by atoms with van der Waals surface area (Å²) in [6.45, 7) is 15.9. The lowest BCUT2D eigenvalue weighted by Gasteiger charge is -2.36. The molecule has 0 N–H and O–H groups in total. The van der Waals surface area contributed by atoms with Crippen LogP contribution in [0, 0.1) is 5.82 Å². The summed E-state index contributed by atoms with van der Waals surface area (Å²) in [6, 6.07) is 4.98. The highest BCUT2D eigenvalue weighted by atomic mass is 79.9. The Morgan fingerprint density at radius 1 is 1.35 bits per heavy atom. The molecule has 1 aromatic rings. The fraction of sp³-hybridized carbons (Fsp3) is 0.500. The minimum absolute atomic E-state index is 0.216. The molecular weight excluding hydrogens is 335 g/mol. The molecule has 0 amide bonds. The van der Waals surface area contributed by atoms with Gasteiger partial charge in [-0.05, 0) is 63.8 Å². The molecule has 0 saturated heterocycles. The second-order valence-electron chi connectivity index (χ2n) is 6.59. The lowest BCUT2D eigenvalue weighted by atomic mass is 10.1. The van der Waals surface area contributed by atoms with Gasteiger partial charge in [-0.1, -0.05) is 33.4 Å². The van der Waals surface area contributed by atoms with Crippen molar-refractivity contribution in [3.63, 3.8) is 0 Å². The maximum Gasteiger partial charge on any atom is 0.191 e. The molecule has 0 bridgehead atoms. The van der Waals surface area contributed by atoms with Crippen LogP contribution in [-0.2, 0) is 4.43 Å². The van der Waals surface area contributed by atoms with Gasteiger partial charge in [0.2, 0.25) is 0 Å². The molecular formula is C16H24BrFOSi. The van der Waals surface area contributed by atoms with Gasteiger partial charge in [0, 0.05) is 6.61 Å². The summed E-state index contributed by atoms with van der Waals surface area (Å²) in [6.07, 6.45) is 0.768. The Morgan fingerprint density at radius 2 is 1.95 bits per heavy atom. The minimum Gasteiger partial charge on any atom is -0.416 e. The average Bonchev–Trinajstić information content (AvgIpc) is 2.30. The van der Waals surface area contributed by atoms with Crippen LogP contribution in [0.2, 0.25) is 18.1 Å². The molecule has 0 unspecified atom stereocenters. The van der Waals surface area contributed by atoms with Crippen LogP contribution in [0.15, 0.2) is 29.3 Å². The first-order valence-corrected chi connectivity index (χ1v) is 10.5. The first kappa shape index (κ1) is 17.6. The predicted octanol–water partition coefficient (Wildman–Crippen LogP) is 6.01. The molecule has 1 nitrogen and oxygen atoms in total. The van der Waals surface area contributed by atoms with E-state index in [0.717, 1.165) is 17.6 Å². The van der Waals surface area contributed by atoms with Gasteiger partial charge in [0.15, 0.2) is 8.32 Å². The van der Waals surface area contributed by atoms with Crippen LogP contribution in [0.1, 0.15) is 32.8 Å². The van der Waals surface area contributed by atoms with E-state index in [0.29, 0.717) is 11.1 Å². The van der Waals surface area contributed by atoms with Gasteiger partial charge in [-0.3, -0.25) is 0 Å². The molecule has 0 spiro atoms. The van der Waals surface area contributed by atoms with Crippen molar-refractivity contribution >= 4 is 29.8 Å². The topological polar surface area (TPSA) is 9.23 Å². The lowest BCUT2D eigenvalue weighted by Crippen LogP contribution is -2.40. The van der Waals surface area contributed by atoms with Gasteiger partial charge in [-0.25, -0.2) is 4.39 Å². The summed E-state index contributed by atoms with van der Waals surface area (Å²) in [4.78, 5) is 0. The van der Waals surface area contributed by atoms with E-state index >= 15 is 0 Å². The standard InChI is InChI=1S/C16H24BrFOSi/c1-12(13-7-8-15(18)14(17)11-13)9-10-19-20(5,6)16(2,3)4/h7-8,11H,1,9-10H2,2-6H3. The maximum atomic E-state index is 13.2. The Balaban J connectivity index is 2.58. The van der Waals surface area contributed by atoms with Crippen molar-refractivity contribution < 1.29 is 8.82 Å². The van der Waals surface area contributed by atoms with Gasteiger partial charge in [0.05, 0.1) is 4.47 Å². The van der Waals surface area contributed by atoms with Crippen molar-refractivity contribution in [1.82, 2.24) is 0 Å². The van der Waals surface area contributed by atoms with E-state index in [1.165, 1.54) is 6.07 Å². The molecule has 0 aliphatic heterocycles. The van der Waals surface area contributed by atoms with Gasteiger partial charge in [0.1, 0.15) is 5.82 Å². The van der Waals surface area contributed by atoms with Crippen LogP contribution in [-0.4, -0.2) is 14.9 Å². The van der Waals surface area contributed by atoms with Crippen molar-refractivity contribution in [3.05, 3.63) is 40.6 Å². The third kappa shape index (κ3) is 4.54. The SMILES string of the molecule is C=C(CCO[Si](C)(C)C(C)(C)C)c1ccc(F)c(Br)c1. The summed E-state index contributed by atoms with van der Waals surface area (Å²) in [5, 5.41) is 0.216. The zero-order chi connectivity index (χ0) is 15.6. The summed E-state index contributed by atoms with van der Waals surface area (Å²) in [7, 11) is -1.70. The molecule has 0 fully saturated rings. The van der Waals surface area contributed by atoms with Crippen LogP contribution in [0.25, 0.3) is 5.57 Å². The minimum atomic E-state index is -1.70. The lowest BCUT2D eigenvalue weighted by molar-refractivity contribution is 0.296. The largest absolute Gasteiger partial charge is 0.416 e. The Morgan fingerprint density at radius 3 is 2.45 bits per heavy atom. The number of hydrogen-bond acceptors (Lipinski definition) is 1. The van der Waals surface area contributed by atoms with E-state index in [1.807, 2.05) is 0 Å². The molecule has 0 aromatic heterocycles. The van der Waals surface area contributed by atoms with Gasteiger partial charge in [-0.15, -0.1) is 0 Å². The summed E-state index contributed by atoms with van der Waals surface area (Å²) >= 11 is 3.20. The highest BCUT2D eigenvalue weighted by molar-refractivity contribution is 9.10. The number of rotatable bonds is 5. The van der Waals surface area contributed by atoms with E-state index in [2.05, 4.69) is 56.4 Å². The monoisotopic (exact) mass is 358 g/mol. The predicted molar refractivity (Wildman–Crippen MR) is 90.9 cm³/mol. The first-order valence-electron chi connectivity index (χ1n) is 6.82. The van der Waals surface area contributed by atoms with Crippen LogP contribution < -0.4 is 0 Å². The average molecular weight is 359 g/mol. The van der Waals surface area contributed by atoms with Crippen molar-refractivity contribution in [3.8, 4) is 0 Å². The van der Waals surface area contributed by atoms with E-state index in [4.69, 9.17) is 4.43 Å². The highest BCUT2D eigenvalue weighted by Crippen LogP contribution is 2.36. The molecule has 112 valence electrons. The number of benzene rings is 1. The molecule has 0 aliphatic rings. The molecule has 0 saturated carbocycles. The first-order chi connectivity index (χ1) is 9.04. The Bertz CT molecular complexity index is 492. The number of halogens is 2. The van der Waals surface area contributed by atoms with Gasteiger partial charge >= 0.3 is 0 Å². The third-order valence-corrected chi connectivity index (χ3v) is 9.15. The number of hydrogen-bond donors (Lipinski definition) is 0. The second-order valence-corrected chi connectivity index (χ2v) is 12.3. The Labute approximate surface area is 131 Å². The third-order valence-electron chi connectivity index (χ3n) is 4.00. The van der Waals surface area contributed by atoms with Crippen molar-refractivity contribution in [2.75, 3.05) is 6.61 Å². The normalized spacial score (nSPS) is 12.6. The highest BCUT2D eigenvalue weighted by Gasteiger charge is 2.36. The van der Waals surface area contributed by atoms with Crippen LogP contribution in [0.3, 0.4) is 0 Å². The quantitative estimate of drug-likeness (QED) is 0.585. The Kier molecular flexibility index (Phi) is 5.76. The Hall–Kier alpha value is -0.453. The van der Waals surface area contributed by atoms with Crippen LogP contribution in [0.4, 0.5) is 4.39 Å². The van der Waals surface area contributed by atoms with Crippen molar-refractivity contribution in [1.29, 1.82) is 0 Å². The molecule has 0 aliphatic carbocycles. The van der Waals surface area contributed by atoms with Crippen LogP contribution >= 0.6 is 15.9 Å².